The standard InChI is InChI=1S/C14H20O2/c1-9-7-14(15,8-9)12-6-5-10(2)11(3)13(12)16-4/h5-6,9,15H,7-8H2,1-4H3. The van der Waals surface area contributed by atoms with E-state index in [-0.39, 0.29) is 0 Å². The smallest absolute Gasteiger partial charge is 0.128 e. The Morgan fingerprint density at radius 3 is 2.44 bits per heavy atom. The lowest BCUT2D eigenvalue weighted by Gasteiger charge is -2.43. The van der Waals surface area contributed by atoms with E-state index in [0.717, 1.165) is 29.7 Å². The SMILES string of the molecule is COc1c(C2(O)CC(C)C2)ccc(C)c1C. The molecule has 2 nitrogen and oxygen atoms in total. The lowest BCUT2D eigenvalue weighted by Crippen LogP contribution is -2.40. The molecule has 1 aliphatic rings. The number of aliphatic hydroxyl groups is 1. The van der Waals surface area contributed by atoms with Gasteiger partial charge in [0.15, 0.2) is 0 Å². The zero-order valence-corrected chi connectivity index (χ0v) is 10.5. The van der Waals surface area contributed by atoms with E-state index in [2.05, 4.69) is 19.9 Å². The zero-order chi connectivity index (χ0) is 11.9. The molecule has 2 heteroatoms. The summed E-state index contributed by atoms with van der Waals surface area (Å²) in [6, 6.07) is 4.07. The van der Waals surface area contributed by atoms with Gasteiger partial charge in [-0.25, -0.2) is 0 Å². The van der Waals surface area contributed by atoms with Crippen LogP contribution in [-0.2, 0) is 5.60 Å². The molecule has 1 fully saturated rings. The van der Waals surface area contributed by atoms with Gasteiger partial charge in [-0.05, 0) is 43.7 Å². The molecule has 0 radical (unpaired) electrons. The number of hydrogen-bond acceptors (Lipinski definition) is 2. The Hall–Kier alpha value is -1.02. The molecule has 0 unspecified atom stereocenters. The van der Waals surface area contributed by atoms with Crippen molar-refractivity contribution in [2.45, 2.75) is 39.2 Å². The summed E-state index contributed by atoms with van der Waals surface area (Å²) in [7, 11) is 1.68. The number of ether oxygens (including phenoxy) is 1. The topological polar surface area (TPSA) is 29.5 Å². The Morgan fingerprint density at radius 1 is 1.31 bits per heavy atom. The molecule has 1 N–H and O–H groups in total. The van der Waals surface area contributed by atoms with Crippen LogP contribution >= 0.6 is 0 Å². The van der Waals surface area contributed by atoms with Gasteiger partial charge >= 0.3 is 0 Å². The Morgan fingerprint density at radius 2 is 1.94 bits per heavy atom. The molecule has 1 aliphatic carbocycles. The summed E-state index contributed by atoms with van der Waals surface area (Å²) in [4.78, 5) is 0. The highest BCUT2D eigenvalue weighted by molar-refractivity contribution is 5.48. The van der Waals surface area contributed by atoms with Crippen LogP contribution in [0.2, 0.25) is 0 Å². The van der Waals surface area contributed by atoms with Gasteiger partial charge < -0.3 is 9.84 Å². The summed E-state index contributed by atoms with van der Waals surface area (Å²) < 4.78 is 5.45. The van der Waals surface area contributed by atoms with E-state index in [1.807, 2.05) is 13.0 Å². The molecule has 0 atom stereocenters. The number of benzene rings is 1. The minimum absolute atomic E-state index is 0.608. The molecule has 0 heterocycles. The molecule has 1 saturated carbocycles. The first-order valence-electron chi connectivity index (χ1n) is 5.85. The lowest BCUT2D eigenvalue weighted by molar-refractivity contribution is -0.0752. The van der Waals surface area contributed by atoms with Gasteiger partial charge in [-0.3, -0.25) is 0 Å². The summed E-state index contributed by atoms with van der Waals surface area (Å²) in [6.07, 6.45) is 1.68. The molecule has 88 valence electrons. The second-order valence-corrected chi connectivity index (χ2v) is 5.13. The molecule has 0 amide bonds. The Labute approximate surface area is 97.3 Å². The maximum Gasteiger partial charge on any atom is 0.128 e. The van der Waals surface area contributed by atoms with Crippen LogP contribution in [0.1, 0.15) is 36.5 Å². The minimum Gasteiger partial charge on any atom is -0.496 e. The molecule has 1 aromatic rings. The first-order chi connectivity index (χ1) is 7.48. The molecular formula is C14H20O2. The fraction of sp³-hybridized carbons (Fsp3) is 0.571. The third-order valence-corrected chi connectivity index (χ3v) is 3.75. The lowest BCUT2D eigenvalue weighted by atomic mass is 9.67. The Kier molecular flexibility index (Phi) is 2.70. The molecule has 0 aromatic heterocycles. The average molecular weight is 220 g/mol. The van der Waals surface area contributed by atoms with Crippen molar-refractivity contribution < 1.29 is 9.84 Å². The summed E-state index contributed by atoms with van der Waals surface area (Å²) in [6.45, 7) is 6.28. The summed E-state index contributed by atoms with van der Waals surface area (Å²) in [5.41, 5.74) is 2.63. The van der Waals surface area contributed by atoms with E-state index in [0.29, 0.717) is 5.92 Å². The maximum absolute atomic E-state index is 10.5. The first kappa shape index (κ1) is 11.5. The van der Waals surface area contributed by atoms with Crippen LogP contribution in [0.5, 0.6) is 5.75 Å². The Balaban J connectivity index is 2.45. The molecule has 0 saturated heterocycles. The molecule has 0 bridgehead atoms. The number of aryl methyl sites for hydroxylation is 1. The second-order valence-electron chi connectivity index (χ2n) is 5.13. The molecule has 0 spiro atoms. The fourth-order valence-electron chi connectivity index (χ4n) is 2.73. The van der Waals surface area contributed by atoms with E-state index in [4.69, 9.17) is 4.74 Å². The highest BCUT2D eigenvalue weighted by atomic mass is 16.5. The van der Waals surface area contributed by atoms with Crippen LogP contribution in [0.25, 0.3) is 0 Å². The van der Waals surface area contributed by atoms with Gasteiger partial charge in [0.2, 0.25) is 0 Å². The molecule has 2 rings (SSSR count). The highest BCUT2D eigenvalue weighted by Gasteiger charge is 2.43. The third kappa shape index (κ3) is 1.61. The quantitative estimate of drug-likeness (QED) is 0.830. The normalized spacial score (nSPS) is 28.7. The van der Waals surface area contributed by atoms with Crippen molar-refractivity contribution in [1.82, 2.24) is 0 Å². The number of methoxy groups -OCH3 is 1. The van der Waals surface area contributed by atoms with Crippen LogP contribution in [-0.4, -0.2) is 12.2 Å². The van der Waals surface area contributed by atoms with E-state index in [1.165, 1.54) is 5.56 Å². The number of rotatable bonds is 2. The van der Waals surface area contributed by atoms with Crippen molar-refractivity contribution in [3.8, 4) is 5.75 Å². The van der Waals surface area contributed by atoms with E-state index >= 15 is 0 Å². The molecule has 0 aliphatic heterocycles. The van der Waals surface area contributed by atoms with Crippen molar-refractivity contribution in [3.05, 3.63) is 28.8 Å². The molecular weight excluding hydrogens is 200 g/mol. The van der Waals surface area contributed by atoms with E-state index < -0.39 is 5.60 Å². The van der Waals surface area contributed by atoms with Crippen LogP contribution in [0.4, 0.5) is 0 Å². The van der Waals surface area contributed by atoms with Crippen molar-refractivity contribution in [1.29, 1.82) is 0 Å². The number of hydrogen-bond donors (Lipinski definition) is 1. The summed E-state index contributed by atoms with van der Waals surface area (Å²) in [5, 5.41) is 10.5. The molecule has 1 aromatic carbocycles. The second kappa shape index (κ2) is 3.77. The highest BCUT2D eigenvalue weighted by Crippen LogP contribution is 2.49. The summed E-state index contributed by atoms with van der Waals surface area (Å²) >= 11 is 0. The van der Waals surface area contributed by atoms with Gasteiger partial charge in [0, 0.05) is 5.56 Å². The predicted octanol–water partition coefficient (Wildman–Crippen LogP) is 2.93. The first-order valence-corrected chi connectivity index (χ1v) is 5.85. The monoisotopic (exact) mass is 220 g/mol. The van der Waals surface area contributed by atoms with Crippen LogP contribution in [0, 0.1) is 19.8 Å². The van der Waals surface area contributed by atoms with Gasteiger partial charge in [-0.15, -0.1) is 0 Å². The third-order valence-electron chi connectivity index (χ3n) is 3.75. The van der Waals surface area contributed by atoms with E-state index in [9.17, 15) is 5.11 Å². The van der Waals surface area contributed by atoms with Crippen molar-refractivity contribution in [2.24, 2.45) is 5.92 Å². The van der Waals surface area contributed by atoms with Crippen molar-refractivity contribution in [2.75, 3.05) is 7.11 Å². The van der Waals surface area contributed by atoms with Crippen LogP contribution < -0.4 is 4.74 Å². The van der Waals surface area contributed by atoms with E-state index in [1.54, 1.807) is 7.11 Å². The minimum atomic E-state index is -0.663. The van der Waals surface area contributed by atoms with Gasteiger partial charge in [0.25, 0.3) is 0 Å². The van der Waals surface area contributed by atoms with Crippen molar-refractivity contribution >= 4 is 0 Å². The average Bonchev–Trinajstić information content (AvgIpc) is 2.19. The maximum atomic E-state index is 10.5. The van der Waals surface area contributed by atoms with Crippen LogP contribution in [0.3, 0.4) is 0 Å². The van der Waals surface area contributed by atoms with Gasteiger partial charge in [0.1, 0.15) is 5.75 Å². The Bertz CT molecular complexity index is 403. The van der Waals surface area contributed by atoms with Gasteiger partial charge in [-0.2, -0.15) is 0 Å². The van der Waals surface area contributed by atoms with Crippen molar-refractivity contribution in [3.63, 3.8) is 0 Å². The molecule has 16 heavy (non-hydrogen) atoms. The zero-order valence-electron chi connectivity index (χ0n) is 10.5. The largest absolute Gasteiger partial charge is 0.496 e. The summed E-state index contributed by atoms with van der Waals surface area (Å²) in [5.74, 6) is 1.46. The predicted molar refractivity (Wildman–Crippen MR) is 64.8 cm³/mol. The van der Waals surface area contributed by atoms with Gasteiger partial charge in [-0.1, -0.05) is 19.1 Å². The fourth-order valence-corrected chi connectivity index (χ4v) is 2.73. The van der Waals surface area contributed by atoms with Crippen LogP contribution in [0.15, 0.2) is 12.1 Å². The van der Waals surface area contributed by atoms with Gasteiger partial charge in [0.05, 0.1) is 12.7 Å².